The molecule has 0 unspecified atom stereocenters. The molecule has 0 aliphatic carbocycles. The fraction of sp³-hybridized carbons (Fsp3) is 0.474. The van der Waals surface area contributed by atoms with Crippen molar-refractivity contribution in [1.29, 1.82) is 0 Å². The lowest BCUT2D eigenvalue weighted by Gasteiger charge is -2.31. The number of rotatable bonds is 5. The van der Waals surface area contributed by atoms with Gasteiger partial charge in [0, 0.05) is 43.4 Å². The van der Waals surface area contributed by atoms with Crippen molar-refractivity contribution in [2.45, 2.75) is 39.3 Å². The Hall–Kier alpha value is -2.08. The van der Waals surface area contributed by atoms with Gasteiger partial charge >= 0.3 is 4.87 Å². The van der Waals surface area contributed by atoms with Crippen molar-refractivity contribution in [3.8, 4) is 0 Å². The van der Waals surface area contributed by atoms with Gasteiger partial charge in [-0.15, -0.1) is 0 Å². The Morgan fingerprint density at radius 3 is 2.60 bits per heavy atom. The predicted molar refractivity (Wildman–Crippen MR) is 102 cm³/mol. The van der Waals surface area contributed by atoms with E-state index in [4.69, 9.17) is 0 Å². The molecule has 1 fully saturated rings. The van der Waals surface area contributed by atoms with Gasteiger partial charge in [-0.05, 0) is 37.8 Å². The summed E-state index contributed by atoms with van der Waals surface area (Å²) in [6, 6.07) is 8.32. The second kappa shape index (κ2) is 7.87. The zero-order valence-corrected chi connectivity index (χ0v) is 15.7. The highest BCUT2D eigenvalue weighted by atomic mass is 32.1. The van der Waals surface area contributed by atoms with Gasteiger partial charge in [0.25, 0.3) is 0 Å². The van der Waals surface area contributed by atoms with Crippen molar-refractivity contribution in [1.82, 2.24) is 9.47 Å². The lowest BCUT2D eigenvalue weighted by atomic mass is 10.1. The fourth-order valence-corrected chi connectivity index (χ4v) is 4.02. The number of nitrogens with zero attached hydrogens (tertiary/aromatic N) is 3. The number of aromatic nitrogens is 1. The van der Waals surface area contributed by atoms with Crippen LogP contribution >= 0.6 is 11.3 Å². The molecule has 2 heterocycles. The van der Waals surface area contributed by atoms with Crippen molar-refractivity contribution >= 4 is 22.9 Å². The minimum absolute atomic E-state index is 0.0444. The molecule has 3 rings (SSSR count). The van der Waals surface area contributed by atoms with E-state index in [-0.39, 0.29) is 17.3 Å². The van der Waals surface area contributed by atoms with E-state index in [0.717, 1.165) is 35.7 Å². The molecule has 25 heavy (non-hydrogen) atoms. The number of piperidine rings is 1. The number of likely N-dealkylation sites (N-methyl/N-ethyl adjacent to an activating group) is 1. The van der Waals surface area contributed by atoms with Crippen molar-refractivity contribution in [2.24, 2.45) is 0 Å². The van der Waals surface area contributed by atoms with Gasteiger partial charge in [-0.25, -0.2) is 0 Å². The topological polar surface area (TPSA) is 45.6 Å². The van der Waals surface area contributed by atoms with Crippen molar-refractivity contribution in [2.75, 3.05) is 25.0 Å². The van der Waals surface area contributed by atoms with Gasteiger partial charge in [-0.2, -0.15) is 0 Å². The van der Waals surface area contributed by atoms with Gasteiger partial charge in [-0.1, -0.05) is 29.5 Å². The zero-order valence-electron chi connectivity index (χ0n) is 14.9. The Morgan fingerprint density at radius 1 is 1.20 bits per heavy atom. The van der Waals surface area contributed by atoms with Gasteiger partial charge in [0.05, 0.1) is 0 Å². The maximum atomic E-state index is 12.6. The molecule has 1 aliphatic heterocycles. The number of carbonyl (C=O) groups excluding carboxylic acids is 1. The summed E-state index contributed by atoms with van der Waals surface area (Å²) in [6.07, 6.45) is 3.75. The van der Waals surface area contributed by atoms with E-state index in [1.54, 1.807) is 14.8 Å². The molecule has 134 valence electrons. The normalized spacial score (nSPS) is 14.6. The van der Waals surface area contributed by atoms with Gasteiger partial charge < -0.3 is 9.80 Å². The number of thiazole rings is 1. The first-order valence-corrected chi connectivity index (χ1v) is 9.66. The Morgan fingerprint density at radius 2 is 1.92 bits per heavy atom. The highest BCUT2D eigenvalue weighted by Gasteiger charge is 2.17. The Labute approximate surface area is 152 Å². The molecule has 0 spiro atoms. The zero-order chi connectivity index (χ0) is 17.8. The molecule has 0 radical (unpaired) electrons. The molecular weight excluding hydrogens is 334 g/mol. The smallest absolute Gasteiger partial charge is 0.307 e. The summed E-state index contributed by atoms with van der Waals surface area (Å²) < 4.78 is 1.54. The molecule has 1 aliphatic rings. The van der Waals surface area contributed by atoms with Crippen LogP contribution in [0.3, 0.4) is 0 Å². The number of carbonyl (C=O) groups is 1. The summed E-state index contributed by atoms with van der Waals surface area (Å²) in [7, 11) is 1.81. The van der Waals surface area contributed by atoms with E-state index >= 15 is 0 Å². The van der Waals surface area contributed by atoms with Crippen LogP contribution in [0.4, 0.5) is 5.69 Å². The van der Waals surface area contributed by atoms with Gasteiger partial charge in [0.2, 0.25) is 5.91 Å². The highest BCUT2D eigenvalue weighted by molar-refractivity contribution is 7.07. The molecule has 1 saturated heterocycles. The Balaban J connectivity index is 1.71. The van der Waals surface area contributed by atoms with Crippen molar-refractivity contribution in [3.05, 3.63) is 50.6 Å². The maximum absolute atomic E-state index is 12.6. The number of benzene rings is 1. The van der Waals surface area contributed by atoms with Gasteiger partial charge in [0.15, 0.2) is 0 Å². The first-order chi connectivity index (χ1) is 12.1. The minimum Gasteiger partial charge on any atom is -0.371 e. The van der Waals surface area contributed by atoms with Crippen molar-refractivity contribution < 1.29 is 4.79 Å². The molecule has 0 bridgehead atoms. The average Bonchev–Trinajstić information content (AvgIpc) is 2.95. The average molecular weight is 359 g/mol. The summed E-state index contributed by atoms with van der Waals surface area (Å²) in [5, 5.41) is 1.79. The Bertz CT molecular complexity index is 790. The summed E-state index contributed by atoms with van der Waals surface area (Å²) in [5.41, 5.74) is 3.23. The molecule has 0 saturated carbocycles. The monoisotopic (exact) mass is 359 g/mol. The van der Waals surface area contributed by atoms with Crippen molar-refractivity contribution in [3.63, 3.8) is 0 Å². The standard InChI is InChI=1S/C19H25N3O2S/c1-15-14-25-19(24)22(15)13-18(23)20(2)12-16-8-4-5-9-17(16)21-10-6-3-7-11-21/h4-5,8-9,14H,3,6-7,10-13H2,1-2H3. The maximum Gasteiger partial charge on any atom is 0.307 e. The number of anilines is 1. The third-order valence-electron chi connectivity index (χ3n) is 4.79. The van der Waals surface area contributed by atoms with Gasteiger partial charge in [0.1, 0.15) is 6.54 Å². The van der Waals surface area contributed by atoms with Crippen LogP contribution < -0.4 is 9.77 Å². The van der Waals surface area contributed by atoms with Crippen LogP contribution in [0, 0.1) is 6.92 Å². The molecular formula is C19H25N3O2S. The minimum atomic E-state index is -0.0760. The summed E-state index contributed by atoms with van der Waals surface area (Å²) in [5.74, 6) is -0.0444. The second-order valence-electron chi connectivity index (χ2n) is 6.66. The predicted octanol–water partition coefficient (Wildman–Crippen LogP) is 2.87. The van der Waals surface area contributed by atoms with Crippen LogP contribution in [-0.2, 0) is 17.9 Å². The molecule has 0 N–H and O–H groups in total. The quantitative estimate of drug-likeness (QED) is 0.825. The summed E-state index contributed by atoms with van der Waals surface area (Å²) >= 11 is 1.14. The summed E-state index contributed by atoms with van der Waals surface area (Å²) in [6.45, 7) is 4.69. The first-order valence-electron chi connectivity index (χ1n) is 8.78. The molecule has 6 heteroatoms. The van der Waals surface area contributed by atoms with Crippen LogP contribution in [0.5, 0.6) is 0 Å². The van der Waals surface area contributed by atoms with E-state index in [1.165, 1.54) is 24.9 Å². The van der Waals surface area contributed by atoms with Crippen LogP contribution in [0.2, 0.25) is 0 Å². The SMILES string of the molecule is Cc1csc(=O)n1CC(=O)N(C)Cc1ccccc1N1CCCCC1. The van der Waals surface area contributed by atoms with E-state index < -0.39 is 0 Å². The van der Waals surface area contributed by atoms with Crippen LogP contribution in [0.1, 0.15) is 30.5 Å². The second-order valence-corrected chi connectivity index (χ2v) is 7.48. The molecule has 2 aromatic rings. The third-order valence-corrected chi connectivity index (χ3v) is 5.67. The van der Waals surface area contributed by atoms with Gasteiger partial charge in [-0.3, -0.25) is 14.2 Å². The van der Waals surface area contributed by atoms with Crippen LogP contribution in [0.15, 0.2) is 34.4 Å². The van der Waals surface area contributed by atoms with Crippen LogP contribution in [-0.4, -0.2) is 35.5 Å². The number of aryl methyl sites for hydroxylation is 1. The Kier molecular flexibility index (Phi) is 5.58. The lowest BCUT2D eigenvalue weighted by molar-refractivity contribution is -0.131. The number of hydrogen-bond acceptors (Lipinski definition) is 4. The largest absolute Gasteiger partial charge is 0.371 e. The number of para-hydroxylation sites is 1. The molecule has 1 amide bonds. The van der Waals surface area contributed by atoms with E-state index in [0.29, 0.717) is 6.54 Å². The van der Waals surface area contributed by atoms with E-state index in [9.17, 15) is 9.59 Å². The number of amides is 1. The fourth-order valence-electron chi connectivity index (χ4n) is 3.28. The molecule has 5 nitrogen and oxygen atoms in total. The third kappa shape index (κ3) is 4.12. The lowest BCUT2D eigenvalue weighted by Crippen LogP contribution is -2.34. The molecule has 1 aromatic carbocycles. The van der Waals surface area contributed by atoms with Crippen LogP contribution in [0.25, 0.3) is 0 Å². The van der Waals surface area contributed by atoms with E-state index in [2.05, 4.69) is 23.1 Å². The first kappa shape index (κ1) is 17.7. The number of hydrogen-bond donors (Lipinski definition) is 0. The van der Waals surface area contributed by atoms with E-state index in [1.807, 2.05) is 20.0 Å². The highest BCUT2D eigenvalue weighted by Crippen LogP contribution is 2.25. The summed E-state index contributed by atoms with van der Waals surface area (Å²) in [4.78, 5) is 28.4. The molecule has 1 aromatic heterocycles. The molecule has 0 atom stereocenters.